The molecule has 1 aliphatic rings. The number of aryl methyl sites for hydroxylation is 1. The maximum absolute atomic E-state index is 13.1. The van der Waals surface area contributed by atoms with E-state index < -0.39 is 0 Å². The van der Waals surface area contributed by atoms with Gasteiger partial charge in [0.15, 0.2) is 5.69 Å². The minimum absolute atomic E-state index is 0.0484. The Morgan fingerprint density at radius 1 is 1.03 bits per heavy atom. The number of H-pyrrole nitrogens is 1. The van der Waals surface area contributed by atoms with Crippen LogP contribution in [0.4, 0.5) is 0 Å². The lowest BCUT2D eigenvalue weighted by molar-refractivity contribution is 0.0706. The second kappa shape index (κ2) is 7.29. The topological polar surface area (TPSA) is 88.8 Å². The van der Waals surface area contributed by atoms with E-state index in [1.807, 2.05) is 66.5 Å². The number of nitrogens with zero attached hydrogens (tertiary/aromatic N) is 5. The van der Waals surface area contributed by atoms with Crippen molar-refractivity contribution in [3.05, 3.63) is 76.6 Å². The third-order valence-corrected chi connectivity index (χ3v) is 5.82. The van der Waals surface area contributed by atoms with Crippen LogP contribution in [0.5, 0.6) is 0 Å². The Morgan fingerprint density at radius 3 is 2.50 bits per heavy atom. The van der Waals surface area contributed by atoms with Gasteiger partial charge in [-0.3, -0.25) is 9.48 Å². The number of hydrogen-bond donors (Lipinski definition) is 1. The van der Waals surface area contributed by atoms with Gasteiger partial charge >= 0.3 is 5.69 Å². The molecule has 2 aromatic carbocycles. The maximum atomic E-state index is 13.1. The summed E-state index contributed by atoms with van der Waals surface area (Å²) >= 11 is 0. The Kier molecular flexibility index (Phi) is 4.46. The third kappa shape index (κ3) is 3.01. The number of carbonyl (C=O) groups excluding carboxylic acids is 1. The van der Waals surface area contributed by atoms with Crippen LogP contribution in [-0.4, -0.2) is 48.4 Å². The summed E-state index contributed by atoms with van der Waals surface area (Å²) in [6.07, 6.45) is 1.49. The number of fused-ring (bicyclic) bond motifs is 1. The first-order valence-electron chi connectivity index (χ1n) is 10.1. The first-order valence-corrected chi connectivity index (χ1v) is 10.1. The summed E-state index contributed by atoms with van der Waals surface area (Å²) in [5, 5.41) is 12.2. The summed E-state index contributed by atoms with van der Waals surface area (Å²) in [5.41, 5.74) is 1.99. The minimum atomic E-state index is -0.241. The highest BCUT2D eigenvalue weighted by atomic mass is 16.2. The highest BCUT2D eigenvalue weighted by Gasteiger charge is 2.30. The van der Waals surface area contributed by atoms with E-state index in [1.54, 1.807) is 9.25 Å². The molecule has 0 atom stereocenters. The molecule has 1 amide bonds. The van der Waals surface area contributed by atoms with E-state index in [2.05, 4.69) is 15.3 Å². The predicted molar refractivity (Wildman–Crippen MR) is 113 cm³/mol. The third-order valence-electron chi connectivity index (χ3n) is 5.82. The fourth-order valence-electron chi connectivity index (χ4n) is 4.27. The second-order valence-corrected chi connectivity index (χ2v) is 7.61. The number of rotatable bonds is 3. The number of aromatic nitrogens is 5. The molecule has 3 heterocycles. The number of amides is 1. The Balaban J connectivity index is 1.36. The molecule has 1 N–H and O–H groups in total. The number of carbonyl (C=O) groups is 1. The van der Waals surface area contributed by atoms with Crippen molar-refractivity contribution in [1.82, 2.24) is 29.4 Å². The molecule has 0 aliphatic carbocycles. The molecule has 0 radical (unpaired) electrons. The summed E-state index contributed by atoms with van der Waals surface area (Å²) in [4.78, 5) is 27.3. The molecule has 152 valence electrons. The van der Waals surface area contributed by atoms with Gasteiger partial charge in [0.2, 0.25) is 0 Å². The molecular weight excluding hydrogens is 380 g/mol. The molecular formula is C22H22N6O2. The maximum Gasteiger partial charge on any atom is 0.347 e. The SMILES string of the molecule is Cn1nc(C(=O)N2CCC(c3n[nH]c(=O)n3-c3ccccc3)CC2)c2ccccc21. The zero-order valence-electron chi connectivity index (χ0n) is 16.7. The van der Waals surface area contributed by atoms with Gasteiger partial charge in [0.1, 0.15) is 5.82 Å². The van der Waals surface area contributed by atoms with Gasteiger partial charge in [0.05, 0.1) is 11.2 Å². The van der Waals surface area contributed by atoms with Crippen LogP contribution in [0.2, 0.25) is 0 Å². The predicted octanol–water partition coefficient (Wildman–Crippen LogP) is 2.47. The van der Waals surface area contributed by atoms with Crippen molar-refractivity contribution in [1.29, 1.82) is 0 Å². The van der Waals surface area contributed by atoms with Crippen molar-refractivity contribution in [2.75, 3.05) is 13.1 Å². The van der Waals surface area contributed by atoms with Gasteiger partial charge < -0.3 is 4.90 Å². The van der Waals surface area contributed by atoms with Crippen LogP contribution in [0, 0.1) is 0 Å². The standard InChI is InChI=1S/C22H22N6O2/c1-26-18-10-6-5-9-17(18)19(25-26)21(29)27-13-11-15(12-14-27)20-23-24-22(30)28(20)16-7-3-2-4-8-16/h2-10,15H,11-14H2,1H3,(H,24,30). The highest BCUT2D eigenvalue weighted by molar-refractivity contribution is 6.04. The Bertz CT molecular complexity index is 1260. The van der Waals surface area contributed by atoms with Crippen molar-refractivity contribution in [2.45, 2.75) is 18.8 Å². The van der Waals surface area contributed by atoms with Crippen LogP contribution in [0.1, 0.15) is 35.1 Å². The number of hydrogen-bond acceptors (Lipinski definition) is 4. The molecule has 4 aromatic rings. The molecule has 5 rings (SSSR count). The van der Waals surface area contributed by atoms with Gasteiger partial charge in [-0.15, -0.1) is 0 Å². The van der Waals surface area contributed by atoms with Crippen LogP contribution in [0.3, 0.4) is 0 Å². The summed E-state index contributed by atoms with van der Waals surface area (Å²) in [5.74, 6) is 0.781. The average molecular weight is 402 g/mol. The lowest BCUT2D eigenvalue weighted by Crippen LogP contribution is -2.38. The molecule has 0 spiro atoms. The molecule has 1 saturated heterocycles. The van der Waals surface area contributed by atoms with E-state index in [0.29, 0.717) is 18.8 Å². The van der Waals surface area contributed by atoms with E-state index in [1.165, 1.54) is 0 Å². The summed E-state index contributed by atoms with van der Waals surface area (Å²) in [7, 11) is 1.85. The smallest absolute Gasteiger partial charge is 0.337 e. The van der Waals surface area contributed by atoms with E-state index in [9.17, 15) is 9.59 Å². The van der Waals surface area contributed by atoms with Crippen LogP contribution < -0.4 is 5.69 Å². The number of para-hydroxylation sites is 2. The molecule has 8 nitrogen and oxygen atoms in total. The first kappa shape index (κ1) is 18.4. The van der Waals surface area contributed by atoms with Crippen molar-refractivity contribution in [2.24, 2.45) is 7.05 Å². The number of nitrogens with one attached hydrogen (secondary N) is 1. The van der Waals surface area contributed by atoms with Gasteiger partial charge in [-0.05, 0) is 31.0 Å². The van der Waals surface area contributed by atoms with Gasteiger partial charge in [-0.1, -0.05) is 36.4 Å². The molecule has 0 bridgehead atoms. The Labute approximate surface area is 172 Å². The molecule has 0 saturated carbocycles. The normalized spacial score (nSPS) is 15.0. The lowest BCUT2D eigenvalue weighted by atomic mass is 9.95. The minimum Gasteiger partial charge on any atom is -0.337 e. The van der Waals surface area contributed by atoms with Crippen molar-refractivity contribution < 1.29 is 4.79 Å². The monoisotopic (exact) mass is 402 g/mol. The molecule has 30 heavy (non-hydrogen) atoms. The number of benzene rings is 2. The summed E-state index contributed by atoms with van der Waals surface area (Å²) in [6, 6.07) is 17.3. The zero-order valence-corrected chi connectivity index (χ0v) is 16.7. The van der Waals surface area contributed by atoms with E-state index in [4.69, 9.17) is 0 Å². The Morgan fingerprint density at radius 2 is 1.73 bits per heavy atom. The number of likely N-dealkylation sites (tertiary alicyclic amines) is 1. The van der Waals surface area contributed by atoms with Gasteiger partial charge in [-0.25, -0.2) is 14.5 Å². The quantitative estimate of drug-likeness (QED) is 0.570. The molecule has 1 fully saturated rings. The Hall–Kier alpha value is -3.68. The van der Waals surface area contributed by atoms with E-state index in [-0.39, 0.29) is 17.5 Å². The van der Waals surface area contributed by atoms with Crippen molar-refractivity contribution >= 4 is 16.8 Å². The van der Waals surface area contributed by atoms with Gasteiger partial charge in [-0.2, -0.15) is 10.2 Å². The number of aromatic amines is 1. The lowest BCUT2D eigenvalue weighted by Gasteiger charge is -2.31. The molecule has 8 heteroatoms. The van der Waals surface area contributed by atoms with Crippen molar-refractivity contribution in [3.8, 4) is 5.69 Å². The summed E-state index contributed by atoms with van der Waals surface area (Å²) < 4.78 is 3.38. The van der Waals surface area contributed by atoms with Crippen molar-refractivity contribution in [3.63, 3.8) is 0 Å². The van der Waals surface area contributed by atoms with Crippen LogP contribution in [-0.2, 0) is 7.05 Å². The van der Waals surface area contributed by atoms with Gasteiger partial charge in [0.25, 0.3) is 5.91 Å². The molecule has 1 aliphatic heterocycles. The van der Waals surface area contributed by atoms with E-state index in [0.717, 1.165) is 35.3 Å². The fraction of sp³-hybridized carbons (Fsp3) is 0.273. The van der Waals surface area contributed by atoms with Crippen LogP contribution in [0.25, 0.3) is 16.6 Å². The second-order valence-electron chi connectivity index (χ2n) is 7.61. The average Bonchev–Trinajstić information content (AvgIpc) is 3.34. The number of piperidine rings is 1. The summed E-state index contributed by atoms with van der Waals surface area (Å²) in [6.45, 7) is 1.20. The fourth-order valence-corrected chi connectivity index (χ4v) is 4.27. The largest absolute Gasteiger partial charge is 0.347 e. The van der Waals surface area contributed by atoms with Crippen LogP contribution >= 0.6 is 0 Å². The molecule has 2 aromatic heterocycles. The highest BCUT2D eigenvalue weighted by Crippen LogP contribution is 2.29. The van der Waals surface area contributed by atoms with E-state index >= 15 is 0 Å². The zero-order chi connectivity index (χ0) is 20.7. The molecule has 0 unspecified atom stereocenters. The van der Waals surface area contributed by atoms with Gasteiger partial charge in [0, 0.05) is 31.4 Å². The first-order chi connectivity index (χ1) is 14.6. The van der Waals surface area contributed by atoms with Crippen LogP contribution in [0.15, 0.2) is 59.4 Å².